The van der Waals surface area contributed by atoms with Crippen LogP contribution in [-0.4, -0.2) is 451 Å². The summed E-state index contributed by atoms with van der Waals surface area (Å²) >= 11 is 6.87. The summed E-state index contributed by atoms with van der Waals surface area (Å²) < 4.78 is 57.8. The summed E-state index contributed by atoms with van der Waals surface area (Å²) in [6.45, 7) is 30.3. The predicted molar refractivity (Wildman–Crippen MR) is 533 cm³/mol. The molecule has 27 nitrogen and oxygen atoms in total. The standard InChI is InChI=1S/C18H26N4O.C15H25F2N3O.C15H27N3O2.C15H27N3O.C14H23F2N3O.C13H24N2S.C12H22N2OS/c1-20-10-6-14(7-11-20)17-5-3-9-22(17)18(23)21-12-15-4-2-8-19-16(15)13-21;1-18-8-4-12(5-9-18)13-3-2-7-20(13)14(21)19-10-6-15(16,17)11-19;1-16-7-4-13(5-8-16)14-3-2-6-18(14)15(19)17-9-11-20-12-10-17;1-16-11-6-13(7-12-16)14-5-4-10-18(14)15(19)17-8-2-3-9-17;1-17-7-4-11(5-8-17)12-3-2-6-19(12)13(20)18-9-14(15,16)10-18;1-3-13(16)15-8-4-5-12(15)11-6-9-14(2)10-7-11;1-13-8-5-10(6-9-13)11-4-3-7-14(11)12(15)16-2/h2,4,8,14,17H,3,5-7,9-13H2,1H3;12-13H,2-11H2,1H3;13-14H,2-12H2,1H3;13-14H,2-12H2,1H3;11-12H,2-10H2,1H3;11-12H,3-10H2,1-2H3;10-11H,3-9H2,1-2H3/t17-;13-;2*14-;2*12-;11-/m0000000/s1. The number of carbonyl (C=O) groups is 6. The first-order chi connectivity index (χ1) is 65.1. The van der Waals surface area contributed by atoms with E-state index in [1.54, 1.807) is 0 Å². The number of fused-ring (bicyclic) bond motifs is 1. The van der Waals surface area contributed by atoms with Crippen molar-refractivity contribution < 1.29 is 51.1 Å². The Labute approximate surface area is 818 Å². The zero-order valence-electron chi connectivity index (χ0n) is 84.4. The van der Waals surface area contributed by atoms with Crippen LogP contribution in [-0.2, 0) is 17.8 Å². The van der Waals surface area contributed by atoms with Crippen LogP contribution >= 0.6 is 24.0 Å². The fourth-order valence-electron chi connectivity index (χ4n) is 26.4. The average molecular weight is 1930 g/mol. The molecule has 18 saturated heterocycles. The number of hydrogen-bond donors (Lipinski definition) is 0. The SMILES string of the molecule is CCC(=S)N1CCC[C@H]1C1CCN(C)CC1.CN1CCC([C@@H]2CCCN2C(=O)N2CC(F)(F)C2)CC1.CN1CCC([C@@H]2CCCN2C(=O)N2CCC(F)(F)C2)CC1.CN1CCC([C@@H]2CCCN2C(=O)N2CCCC2)CC1.CN1CCC([C@@H]2CCCN2C(=O)N2CCOCC2)CC1.CN1CCC([C@@H]2CCCN2C(=O)N2Cc3cccnc3C2)CC1.CSC(=O)N1CCC[C@H]1C1CCN(C)CC1. The van der Waals surface area contributed by atoms with Crippen LogP contribution in [0.4, 0.5) is 46.3 Å². The third kappa shape index (κ3) is 28.4. The first-order valence-electron chi connectivity index (χ1n) is 53.6. The molecule has 7 atom stereocenters. The van der Waals surface area contributed by atoms with Gasteiger partial charge in [-0.15, -0.1) is 0 Å². The summed E-state index contributed by atoms with van der Waals surface area (Å²) in [5, 5.41) is 0.279. The number of alkyl halides is 4. The number of aromatic nitrogens is 1. The van der Waals surface area contributed by atoms with Gasteiger partial charge in [-0.1, -0.05) is 37.0 Å². The Balaban J connectivity index is 0.000000127. The van der Waals surface area contributed by atoms with Gasteiger partial charge in [-0.2, -0.15) is 0 Å². The van der Waals surface area contributed by atoms with Crippen LogP contribution in [0, 0.1) is 41.4 Å². The average Bonchev–Trinajstić information content (AvgIpc) is 1.78. The largest absolute Gasteiger partial charge is 0.378 e. The second-order valence-corrected chi connectivity index (χ2v) is 45.2. The molecule has 20 heterocycles. The summed E-state index contributed by atoms with van der Waals surface area (Å²) in [5.74, 6) is -0.519. The molecule has 19 aliphatic heterocycles. The zero-order valence-corrected chi connectivity index (χ0v) is 86.0. The highest BCUT2D eigenvalue weighted by atomic mass is 32.2. The van der Waals surface area contributed by atoms with Gasteiger partial charge in [0.25, 0.3) is 17.1 Å². The molecule has 0 radical (unpaired) electrons. The molecular weight excluding hydrogens is 1760 g/mol. The van der Waals surface area contributed by atoms with Gasteiger partial charge < -0.3 is 97.8 Å². The Morgan fingerprint density at radius 3 is 0.926 bits per heavy atom. The second kappa shape index (κ2) is 50.5. The Kier molecular flexibility index (Phi) is 39.4. The highest BCUT2D eigenvalue weighted by Crippen LogP contribution is 2.42. The molecule has 0 N–H and O–H groups in total. The maximum absolute atomic E-state index is 13.3. The highest BCUT2D eigenvalue weighted by molar-refractivity contribution is 8.12. The lowest BCUT2D eigenvalue weighted by atomic mass is 9.88. The fourth-order valence-corrected chi connectivity index (χ4v) is 27.1. The number of amides is 11. The van der Waals surface area contributed by atoms with E-state index in [4.69, 9.17) is 17.0 Å². The molecule has 135 heavy (non-hydrogen) atoms. The molecular formula is C102H174F4N20O7S2. The number of thiocarbonyl (C=S) groups is 1. The van der Waals surface area contributed by atoms with Crippen molar-refractivity contribution in [3.8, 4) is 0 Å². The maximum atomic E-state index is 13.3. The zero-order chi connectivity index (χ0) is 95.5. The lowest BCUT2D eigenvalue weighted by Gasteiger charge is -2.43. The van der Waals surface area contributed by atoms with Crippen LogP contribution in [0.3, 0.4) is 0 Å². The Morgan fingerprint density at radius 1 is 0.341 bits per heavy atom. The van der Waals surface area contributed by atoms with E-state index in [-0.39, 0.29) is 54.4 Å². The number of pyridine rings is 1. The first kappa shape index (κ1) is 105. The second-order valence-electron chi connectivity index (χ2n) is 43.9. The van der Waals surface area contributed by atoms with Crippen LogP contribution in [0.15, 0.2) is 18.3 Å². The van der Waals surface area contributed by atoms with Gasteiger partial charge in [-0.05, 0) is 399 Å². The summed E-state index contributed by atoms with van der Waals surface area (Å²) in [6.07, 6.45) is 40.5. The van der Waals surface area contributed by atoms with Gasteiger partial charge in [0.2, 0.25) is 0 Å². The molecule has 33 heteroatoms. The van der Waals surface area contributed by atoms with Crippen molar-refractivity contribution in [1.82, 2.24) is 98.1 Å². The van der Waals surface area contributed by atoms with Gasteiger partial charge in [0.1, 0.15) is 0 Å². The molecule has 19 aliphatic rings. The number of piperidine rings is 7. The lowest BCUT2D eigenvalue weighted by Crippen LogP contribution is -2.62. The number of halogens is 4. The van der Waals surface area contributed by atoms with Crippen LogP contribution in [0.1, 0.15) is 224 Å². The number of urea groups is 5. The first-order valence-corrected chi connectivity index (χ1v) is 55.2. The normalized spacial score (nSPS) is 29.4. The minimum absolute atomic E-state index is 0.159. The molecule has 11 amide bonds. The van der Waals surface area contributed by atoms with Crippen molar-refractivity contribution in [3.63, 3.8) is 0 Å². The van der Waals surface area contributed by atoms with Crippen molar-refractivity contribution in [1.29, 1.82) is 0 Å². The van der Waals surface area contributed by atoms with Gasteiger partial charge in [0.15, 0.2) is 0 Å². The monoisotopic (exact) mass is 1930 g/mol. The van der Waals surface area contributed by atoms with Crippen molar-refractivity contribution in [2.24, 2.45) is 41.4 Å². The lowest BCUT2D eigenvalue weighted by molar-refractivity contribution is -0.114. The minimum Gasteiger partial charge on any atom is -0.378 e. The van der Waals surface area contributed by atoms with Gasteiger partial charge >= 0.3 is 30.2 Å². The molecule has 20 rings (SSSR count). The number of hydrogen-bond acceptors (Lipinski definition) is 17. The van der Waals surface area contributed by atoms with Gasteiger partial charge in [-0.25, -0.2) is 41.5 Å². The minimum atomic E-state index is -2.70. The third-order valence-corrected chi connectivity index (χ3v) is 35.8. The smallest absolute Gasteiger partial charge is 0.320 e. The maximum Gasteiger partial charge on any atom is 0.320 e. The Morgan fingerprint density at radius 2 is 0.622 bits per heavy atom. The third-order valence-electron chi connectivity index (χ3n) is 34.7. The van der Waals surface area contributed by atoms with Gasteiger partial charge in [0, 0.05) is 140 Å². The Hall–Kier alpha value is -5.39. The molecule has 1 aromatic rings. The van der Waals surface area contributed by atoms with E-state index in [1.807, 2.05) is 38.1 Å². The van der Waals surface area contributed by atoms with Crippen LogP contribution in [0.2, 0.25) is 0 Å². The Bertz CT molecular complexity index is 3780. The van der Waals surface area contributed by atoms with E-state index < -0.39 is 31.5 Å². The van der Waals surface area contributed by atoms with Crippen LogP contribution in [0.25, 0.3) is 0 Å². The van der Waals surface area contributed by atoms with Crippen LogP contribution < -0.4 is 0 Å². The van der Waals surface area contributed by atoms with Crippen molar-refractivity contribution in [3.05, 3.63) is 29.6 Å². The topological polar surface area (TPSA) is 186 Å². The van der Waals surface area contributed by atoms with E-state index in [1.165, 1.54) is 239 Å². The molecule has 0 unspecified atom stereocenters. The quantitative estimate of drug-likeness (QED) is 0.176. The number of likely N-dealkylation sites (tertiary alicyclic amines) is 17. The van der Waals surface area contributed by atoms with Crippen molar-refractivity contribution >= 4 is 64.4 Å². The number of nitrogens with zero attached hydrogens (tertiary/aromatic N) is 20. The molecule has 0 saturated carbocycles. The number of carbonyl (C=O) groups excluding carboxylic acids is 6. The van der Waals surface area contributed by atoms with E-state index in [9.17, 15) is 46.3 Å². The molecule has 0 aromatic carbocycles. The summed E-state index contributed by atoms with van der Waals surface area (Å²) in [4.78, 5) is 121. The van der Waals surface area contributed by atoms with E-state index in [0.29, 0.717) is 73.6 Å². The number of rotatable bonds is 8. The molecule has 764 valence electrons. The summed E-state index contributed by atoms with van der Waals surface area (Å²) in [5.41, 5.74) is 2.27. The molecule has 0 spiro atoms. The van der Waals surface area contributed by atoms with Crippen molar-refractivity contribution in [2.75, 3.05) is 259 Å². The van der Waals surface area contributed by atoms with Gasteiger partial charge in [-0.3, -0.25) is 9.78 Å². The van der Waals surface area contributed by atoms with E-state index in [0.717, 1.165) is 192 Å². The molecule has 0 bridgehead atoms. The van der Waals surface area contributed by atoms with Crippen molar-refractivity contribution in [2.45, 2.75) is 280 Å². The van der Waals surface area contributed by atoms with Crippen LogP contribution in [0.5, 0.6) is 0 Å². The van der Waals surface area contributed by atoms with E-state index >= 15 is 0 Å². The number of thioether (sulfide) groups is 1. The van der Waals surface area contributed by atoms with E-state index in [2.05, 4.69) is 131 Å². The number of ether oxygens (including phenoxy) is 1. The molecule has 18 fully saturated rings. The summed E-state index contributed by atoms with van der Waals surface area (Å²) in [7, 11) is 15.3. The molecule has 0 aliphatic carbocycles. The van der Waals surface area contributed by atoms with Gasteiger partial charge in [0.05, 0.1) is 50.1 Å². The summed E-state index contributed by atoms with van der Waals surface area (Å²) in [6, 6.07) is 7.84. The molecule has 1 aromatic heterocycles. The fraction of sp³-hybridized carbons (Fsp3) is 0.882. The highest BCUT2D eigenvalue weighted by Gasteiger charge is 2.51. The number of morpholine rings is 1. The predicted octanol–water partition coefficient (Wildman–Crippen LogP) is 14.5.